The van der Waals surface area contributed by atoms with E-state index in [0.717, 1.165) is 12.8 Å². The molecule has 16 heavy (non-hydrogen) atoms. The highest BCUT2D eigenvalue weighted by Crippen LogP contribution is 2.53. The summed E-state index contributed by atoms with van der Waals surface area (Å²) in [6.07, 6.45) is 2.14. The van der Waals surface area contributed by atoms with Crippen LogP contribution in [0.4, 0.5) is 0 Å². The highest BCUT2D eigenvalue weighted by atomic mass is 16.4. The zero-order valence-electron chi connectivity index (χ0n) is 10.9. The summed E-state index contributed by atoms with van der Waals surface area (Å²) in [4.78, 5) is 10.9. The molecular weight excluding hydrogens is 202 g/mol. The Morgan fingerprint density at radius 3 is 2.31 bits per heavy atom. The molecule has 0 spiro atoms. The summed E-state index contributed by atoms with van der Waals surface area (Å²) in [7, 11) is 0. The Morgan fingerprint density at radius 1 is 1.44 bits per heavy atom. The second-order valence-electron chi connectivity index (χ2n) is 6.63. The lowest BCUT2D eigenvalue weighted by Crippen LogP contribution is -2.31. The van der Waals surface area contributed by atoms with Crippen LogP contribution in [0.5, 0.6) is 0 Å². The molecule has 0 aromatic heterocycles. The van der Waals surface area contributed by atoms with E-state index < -0.39 is 5.97 Å². The van der Waals surface area contributed by atoms with Crippen molar-refractivity contribution in [2.24, 2.45) is 28.4 Å². The summed E-state index contributed by atoms with van der Waals surface area (Å²) < 4.78 is 0. The lowest BCUT2D eigenvalue weighted by atomic mass is 9.74. The fraction of sp³-hybridized carbons (Fsp3) is 0.923. The third-order valence-corrected chi connectivity index (χ3v) is 4.17. The topological polar surface area (TPSA) is 63.3 Å². The van der Waals surface area contributed by atoms with Crippen LogP contribution in [-0.4, -0.2) is 17.6 Å². The molecule has 0 heterocycles. The van der Waals surface area contributed by atoms with Gasteiger partial charge < -0.3 is 10.8 Å². The molecule has 1 rings (SSSR count). The van der Waals surface area contributed by atoms with E-state index in [4.69, 9.17) is 10.8 Å². The Labute approximate surface area is 98.4 Å². The predicted octanol–water partition coefficient (Wildman–Crippen LogP) is 2.50. The maximum atomic E-state index is 10.9. The van der Waals surface area contributed by atoms with Gasteiger partial charge in [-0.2, -0.15) is 0 Å². The SMILES string of the molecule is C[C@H]1C[C@](CN)(CC(=O)O)C[C@H]1C(C)(C)C. The fourth-order valence-electron chi connectivity index (χ4n) is 3.44. The van der Waals surface area contributed by atoms with Crippen LogP contribution in [0.15, 0.2) is 0 Å². The first-order valence-electron chi connectivity index (χ1n) is 6.12. The number of carboxylic acid groups (broad SMARTS) is 1. The first-order valence-corrected chi connectivity index (χ1v) is 6.12. The molecule has 1 fully saturated rings. The van der Waals surface area contributed by atoms with Gasteiger partial charge in [-0.25, -0.2) is 0 Å². The Balaban J connectivity index is 2.83. The second kappa shape index (κ2) is 4.36. The predicted molar refractivity (Wildman–Crippen MR) is 65.1 cm³/mol. The normalized spacial score (nSPS) is 35.3. The molecular formula is C13H25NO2. The zero-order valence-corrected chi connectivity index (χ0v) is 10.9. The van der Waals surface area contributed by atoms with E-state index in [9.17, 15) is 4.79 Å². The molecule has 0 radical (unpaired) electrons. The van der Waals surface area contributed by atoms with Crippen molar-refractivity contribution < 1.29 is 9.90 Å². The quantitative estimate of drug-likeness (QED) is 0.778. The second-order valence-corrected chi connectivity index (χ2v) is 6.63. The fourth-order valence-corrected chi connectivity index (χ4v) is 3.44. The number of hydrogen-bond acceptors (Lipinski definition) is 2. The largest absolute Gasteiger partial charge is 0.481 e. The maximum Gasteiger partial charge on any atom is 0.303 e. The van der Waals surface area contributed by atoms with E-state index in [0.29, 0.717) is 18.4 Å². The zero-order chi connectivity index (χ0) is 12.6. The minimum atomic E-state index is -0.716. The van der Waals surface area contributed by atoms with Crippen molar-refractivity contribution in [3.8, 4) is 0 Å². The molecule has 0 aromatic rings. The van der Waals surface area contributed by atoms with Gasteiger partial charge in [0.25, 0.3) is 0 Å². The van der Waals surface area contributed by atoms with Crippen LogP contribution < -0.4 is 5.73 Å². The molecule has 1 aliphatic carbocycles. The standard InChI is InChI=1S/C13H25NO2/c1-9-5-13(8-14,7-11(15)16)6-10(9)12(2,3)4/h9-10H,5-8,14H2,1-4H3,(H,15,16)/t9-,10+,13+/m0/s1. The van der Waals surface area contributed by atoms with E-state index in [2.05, 4.69) is 27.7 Å². The summed E-state index contributed by atoms with van der Waals surface area (Å²) in [6.45, 7) is 9.44. The van der Waals surface area contributed by atoms with Crippen LogP contribution in [0, 0.1) is 22.7 Å². The van der Waals surface area contributed by atoms with Crippen LogP contribution in [0.3, 0.4) is 0 Å². The smallest absolute Gasteiger partial charge is 0.303 e. The molecule has 0 amide bonds. The van der Waals surface area contributed by atoms with Gasteiger partial charge in [0.1, 0.15) is 0 Å². The van der Waals surface area contributed by atoms with Gasteiger partial charge >= 0.3 is 5.97 Å². The van der Waals surface area contributed by atoms with E-state index in [1.54, 1.807) is 0 Å². The summed E-state index contributed by atoms with van der Waals surface area (Å²) in [6, 6.07) is 0. The lowest BCUT2D eigenvalue weighted by Gasteiger charge is -2.32. The molecule has 0 aromatic carbocycles. The summed E-state index contributed by atoms with van der Waals surface area (Å²) in [5.41, 5.74) is 5.90. The van der Waals surface area contributed by atoms with Crippen molar-refractivity contribution >= 4 is 5.97 Å². The first kappa shape index (κ1) is 13.5. The Kier molecular flexibility index (Phi) is 3.68. The third-order valence-electron chi connectivity index (χ3n) is 4.17. The van der Waals surface area contributed by atoms with Crippen molar-refractivity contribution in [1.29, 1.82) is 0 Å². The number of rotatable bonds is 3. The highest BCUT2D eigenvalue weighted by molar-refractivity contribution is 5.67. The first-order chi connectivity index (χ1) is 7.20. The van der Waals surface area contributed by atoms with Crippen LogP contribution in [0.1, 0.15) is 47.0 Å². The number of hydrogen-bond donors (Lipinski definition) is 2. The molecule has 1 aliphatic rings. The van der Waals surface area contributed by atoms with Gasteiger partial charge in [0.05, 0.1) is 6.42 Å². The molecule has 3 heteroatoms. The monoisotopic (exact) mass is 227 g/mol. The number of carboxylic acids is 1. The number of aliphatic carboxylic acids is 1. The van der Waals surface area contributed by atoms with Crippen molar-refractivity contribution in [2.45, 2.75) is 47.0 Å². The van der Waals surface area contributed by atoms with Gasteiger partial charge in [-0.1, -0.05) is 27.7 Å². The minimum absolute atomic E-state index is 0.163. The summed E-state index contributed by atoms with van der Waals surface area (Å²) in [5.74, 6) is 0.436. The molecule has 3 N–H and O–H groups in total. The van der Waals surface area contributed by atoms with Crippen molar-refractivity contribution in [1.82, 2.24) is 0 Å². The Hall–Kier alpha value is -0.570. The molecule has 3 atom stereocenters. The maximum absolute atomic E-state index is 10.9. The average molecular weight is 227 g/mol. The van der Waals surface area contributed by atoms with Crippen LogP contribution in [0.25, 0.3) is 0 Å². The third kappa shape index (κ3) is 2.76. The Bertz CT molecular complexity index is 270. The molecule has 0 bridgehead atoms. The van der Waals surface area contributed by atoms with Gasteiger partial charge in [0, 0.05) is 0 Å². The van der Waals surface area contributed by atoms with Crippen LogP contribution in [-0.2, 0) is 4.79 Å². The van der Waals surface area contributed by atoms with Gasteiger partial charge in [-0.05, 0) is 42.1 Å². The molecule has 0 saturated heterocycles. The molecule has 94 valence electrons. The molecule has 3 nitrogen and oxygen atoms in total. The highest BCUT2D eigenvalue weighted by Gasteiger charge is 2.47. The number of carbonyl (C=O) groups is 1. The van der Waals surface area contributed by atoms with Crippen molar-refractivity contribution in [2.75, 3.05) is 6.54 Å². The van der Waals surface area contributed by atoms with Gasteiger partial charge in [-0.15, -0.1) is 0 Å². The molecule has 1 saturated carbocycles. The molecule has 0 aliphatic heterocycles. The average Bonchev–Trinajstić information content (AvgIpc) is 2.42. The Morgan fingerprint density at radius 2 is 2.00 bits per heavy atom. The van der Waals surface area contributed by atoms with E-state index in [1.807, 2.05) is 0 Å². The van der Waals surface area contributed by atoms with E-state index in [-0.39, 0.29) is 17.3 Å². The van der Waals surface area contributed by atoms with E-state index >= 15 is 0 Å². The van der Waals surface area contributed by atoms with Gasteiger partial charge in [0.15, 0.2) is 0 Å². The van der Waals surface area contributed by atoms with E-state index in [1.165, 1.54) is 0 Å². The summed E-state index contributed by atoms with van der Waals surface area (Å²) in [5, 5.41) is 8.99. The van der Waals surface area contributed by atoms with Crippen LogP contribution >= 0.6 is 0 Å². The van der Waals surface area contributed by atoms with Crippen molar-refractivity contribution in [3.05, 3.63) is 0 Å². The van der Waals surface area contributed by atoms with Crippen LogP contribution in [0.2, 0.25) is 0 Å². The number of nitrogens with two attached hydrogens (primary N) is 1. The lowest BCUT2D eigenvalue weighted by molar-refractivity contribution is -0.139. The minimum Gasteiger partial charge on any atom is -0.481 e. The van der Waals surface area contributed by atoms with Crippen molar-refractivity contribution in [3.63, 3.8) is 0 Å². The van der Waals surface area contributed by atoms with Gasteiger partial charge in [0.2, 0.25) is 0 Å². The van der Waals surface area contributed by atoms with Gasteiger partial charge in [-0.3, -0.25) is 4.79 Å². The summed E-state index contributed by atoms with van der Waals surface area (Å²) >= 11 is 0. The molecule has 0 unspecified atom stereocenters.